The number of hydrogen-bond acceptors (Lipinski definition) is 4. The van der Waals surface area contributed by atoms with Crippen molar-refractivity contribution in [2.45, 2.75) is 39.2 Å². The van der Waals surface area contributed by atoms with Crippen LogP contribution in [0.4, 0.5) is 18.9 Å². The van der Waals surface area contributed by atoms with Crippen molar-refractivity contribution >= 4 is 21.6 Å². The minimum absolute atomic E-state index is 0.00345. The molecule has 0 saturated heterocycles. The van der Waals surface area contributed by atoms with Gasteiger partial charge in [-0.1, -0.05) is 6.58 Å². The number of carbonyl (C=O) groups is 1. The Morgan fingerprint density at radius 2 is 1.83 bits per heavy atom. The van der Waals surface area contributed by atoms with E-state index in [2.05, 4.69) is 16.6 Å². The van der Waals surface area contributed by atoms with Crippen molar-refractivity contribution in [3.8, 4) is 0 Å². The van der Waals surface area contributed by atoms with Gasteiger partial charge in [0.05, 0.1) is 17.0 Å². The fourth-order valence-corrected chi connectivity index (χ4v) is 3.79. The molecule has 0 spiro atoms. The maximum atomic E-state index is 13.5. The standard InChI is InChI=1S/C19H26F3N3O3S/c1-7-14(29(27,28)24-18(2,3)4)11-25(6)12-17(26)23-13-8-9-16(20)15(10-13)19(5,21)22/h7-11,24H,1,12H2,2-6H3,(H,23,26)/b14-11+. The minimum Gasteiger partial charge on any atom is -0.370 e. The van der Waals surface area contributed by atoms with Crippen molar-refractivity contribution in [3.63, 3.8) is 0 Å². The second-order valence-corrected chi connectivity index (χ2v) is 9.32. The number of nitrogens with one attached hydrogen (secondary N) is 2. The molecule has 0 radical (unpaired) electrons. The molecule has 0 atom stereocenters. The third-order valence-electron chi connectivity index (χ3n) is 3.42. The largest absolute Gasteiger partial charge is 0.370 e. The maximum Gasteiger partial charge on any atom is 0.273 e. The van der Waals surface area contributed by atoms with Crippen LogP contribution in [0.25, 0.3) is 0 Å². The monoisotopic (exact) mass is 433 g/mol. The first-order valence-corrected chi connectivity index (χ1v) is 10.1. The molecule has 0 bridgehead atoms. The van der Waals surface area contributed by atoms with Crippen LogP contribution in [0.2, 0.25) is 0 Å². The van der Waals surface area contributed by atoms with Crippen molar-refractivity contribution in [2.24, 2.45) is 0 Å². The number of nitrogens with zero attached hydrogens (tertiary/aromatic N) is 1. The Hall–Kier alpha value is -2.33. The fraction of sp³-hybridized carbons (Fsp3) is 0.421. The molecule has 6 nitrogen and oxygen atoms in total. The number of rotatable bonds is 8. The summed E-state index contributed by atoms with van der Waals surface area (Å²) >= 11 is 0. The van der Waals surface area contributed by atoms with E-state index in [1.54, 1.807) is 20.8 Å². The summed E-state index contributed by atoms with van der Waals surface area (Å²) in [6.07, 6.45) is 2.36. The highest BCUT2D eigenvalue weighted by Gasteiger charge is 2.28. The van der Waals surface area contributed by atoms with Gasteiger partial charge in [0.15, 0.2) is 0 Å². The lowest BCUT2D eigenvalue weighted by Gasteiger charge is -2.22. The van der Waals surface area contributed by atoms with Crippen LogP contribution in [0.3, 0.4) is 0 Å². The zero-order valence-corrected chi connectivity index (χ0v) is 17.8. The third-order valence-corrected chi connectivity index (χ3v) is 5.19. The van der Waals surface area contributed by atoms with Crippen LogP contribution in [0, 0.1) is 5.82 Å². The van der Waals surface area contributed by atoms with Crippen LogP contribution in [0.1, 0.15) is 33.3 Å². The van der Waals surface area contributed by atoms with Crippen LogP contribution < -0.4 is 10.0 Å². The summed E-state index contributed by atoms with van der Waals surface area (Å²) in [7, 11) is -2.39. The first-order valence-electron chi connectivity index (χ1n) is 8.61. The van der Waals surface area contributed by atoms with Gasteiger partial charge in [-0.25, -0.2) is 26.3 Å². The molecule has 1 aromatic carbocycles. The van der Waals surface area contributed by atoms with E-state index in [-0.39, 0.29) is 17.1 Å². The first-order chi connectivity index (χ1) is 13.0. The van der Waals surface area contributed by atoms with Crippen molar-refractivity contribution in [1.82, 2.24) is 9.62 Å². The van der Waals surface area contributed by atoms with Gasteiger partial charge >= 0.3 is 0 Å². The number of carbonyl (C=O) groups excluding carboxylic acids is 1. The van der Waals surface area contributed by atoms with Crippen LogP contribution >= 0.6 is 0 Å². The highest BCUT2D eigenvalue weighted by molar-refractivity contribution is 7.93. The highest BCUT2D eigenvalue weighted by Crippen LogP contribution is 2.31. The molecule has 10 heteroatoms. The van der Waals surface area contributed by atoms with Gasteiger partial charge in [0.25, 0.3) is 5.92 Å². The number of anilines is 1. The summed E-state index contributed by atoms with van der Waals surface area (Å²) < 4.78 is 67.6. The summed E-state index contributed by atoms with van der Waals surface area (Å²) in [6, 6.07) is 2.85. The Balaban J connectivity index is 2.92. The molecule has 0 fully saturated rings. The molecule has 162 valence electrons. The van der Waals surface area contributed by atoms with Crippen LogP contribution in [-0.4, -0.2) is 38.4 Å². The molecule has 1 amide bonds. The van der Waals surface area contributed by atoms with Crippen LogP contribution in [-0.2, 0) is 20.7 Å². The normalized spacial score (nSPS) is 13.2. The minimum atomic E-state index is -3.85. The lowest BCUT2D eigenvalue weighted by Crippen LogP contribution is -2.41. The summed E-state index contributed by atoms with van der Waals surface area (Å²) in [6.45, 7) is 8.79. The number of halogens is 3. The van der Waals surface area contributed by atoms with E-state index in [0.29, 0.717) is 6.92 Å². The molecule has 0 aliphatic rings. The molecular formula is C19H26F3N3O3S. The van der Waals surface area contributed by atoms with E-state index < -0.39 is 38.8 Å². The molecule has 2 N–H and O–H groups in total. The molecule has 0 heterocycles. The highest BCUT2D eigenvalue weighted by atomic mass is 32.2. The molecule has 0 saturated carbocycles. The van der Waals surface area contributed by atoms with Crippen molar-refractivity contribution in [3.05, 3.63) is 53.3 Å². The number of amides is 1. The van der Waals surface area contributed by atoms with Gasteiger partial charge in [-0.15, -0.1) is 0 Å². The van der Waals surface area contributed by atoms with Crippen LogP contribution in [0.15, 0.2) is 42.0 Å². The van der Waals surface area contributed by atoms with Crippen molar-refractivity contribution in [2.75, 3.05) is 18.9 Å². The zero-order chi connectivity index (χ0) is 22.6. The fourth-order valence-electron chi connectivity index (χ4n) is 2.32. The van der Waals surface area contributed by atoms with E-state index in [0.717, 1.165) is 24.3 Å². The van der Waals surface area contributed by atoms with Gasteiger partial charge in [-0.05, 0) is 45.0 Å². The third kappa shape index (κ3) is 7.90. The topological polar surface area (TPSA) is 78.5 Å². The van der Waals surface area contributed by atoms with Crippen molar-refractivity contribution in [1.29, 1.82) is 0 Å². The predicted octanol–water partition coefficient (Wildman–Crippen LogP) is 3.55. The lowest BCUT2D eigenvalue weighted by atomic mass is 10.1. The number of benzene rings is 1. The average molecular weight is 433 g/mol. The second-order valence-electron chi connectivity index (χ2n) is 7.64. The summed E-state index contributed by atoms with van der Waals surface area (Å²) in [5.74, 6) is -5.09. The van der Waals surface area contributed by atoms with Gasteiger partial charge in [0.2, 0.25) is 15.9 Å². The quantitative estimate of drug-likeness (QED) is 0.615. The zero-order valence-electron chi connectivity index (χ0n) is 17.0. The molecule has 29 heavy (non-hydrogen) atoms. The van der Waals surface area contributed by atoms with E-state index in [1.807, 2.05) is 0 Å². The van der Waals surface area contributed by atoms with Gasteiger partial charge in [0, 0.05) is 31.4 Å². The number of hydrogen-bond donors (Lipinski definition) is 2. The molecule has 0 aromatic heterocycles. The Kier molecular flexibility index (Phi) is 7.67. The summed E-state index contributed by atoms with van der Waals surface area (Å²) in [5.41, 5.74) is -1.55. The van der Waals surface area contributed by atoms with Gasteiger partial charge < -0.3 is 10.2 Å². The van der Waals surface area contributed by atoms with E-state index in [1.165, 1.54) is 18.1 Å². The van der Waals surface area contributed by atoms with E-state index in [4.69, 9.17) is 0 Å². The Morgan fingerprint density at radius 1 is 1.24 bits per heavy atom. The molecule has 0 aliphatic carbocycles. The van der Waals surface area contributed by atoms with Gasteiger partial charge in [-0.2, -0.15) is 0 Å². The number of alkyl halides is 2. The average Bonchev–Trinajstić information content (AvgIpc) is 2.50. The Morgan fingerprint density at radius 3 is 2.31 bits per heavy atom. The molecule has 0 unspecified atom stereocenters. The molecule has 0 aliphatic heterocycles. The predicted molar refractivity (Wildman–Crippen MR) is 107 cm³/mol. The molecule has 1 aromatic rings. The van der Waals surface area contributed by atoms with Gasteiger partial charge in [0.1, 0.15) is 5.82 Å². The number of allylic oxidation sites excluding steroid dienone is 1. The van der Waals surface area contributed by atoms with E-state index >= 15 is 0 Å². The molecular weight excluding hydrogens is 407 g/mol. The Labute approximate surface area is 169 Å². The molecule has 1 rings (SSSR count). The maximum absolute atomic E-state index is 13.5. The smallest absolute Gasteiger partial charge is 0.273 e. The van der Waals surface area contributed by atoms with E-state index in [9.17, 15) is 26.4 Å². The SMILES string of the molecule is C=C/C(=C\N(C)CC(=O)Nc1ccc(F)c(C(C)(F)F)c1)S(=O)(=O)NC(C)(C)C. The number of sulfonamides is 1. The summed E-state index contributed by atoms with van der Waals surface area (Å²) in [4.78, 5) is 13.3. The second kappa shape index (κ2) is 9.00. The van der Waals surface area contributed by atoms with Gasteiger partial charge in [-0.3, -0.25) is 4.79 Å². The van der Waals surface area contributed by atoms with Crippen LogP contribution in [0.5, 0.6) is 0 Å². The first kappa shape index (κ1) is 24.7. The number of likely N-dealkylation sites (N-methyl/N-ethyl adjacent to an activating group) is 1. The lowest BCUT2D eigenvalue weighted by molar-refractivity contribution is -0.116. The van der Waals surface area contributed by atoms with Crippen molar-refractivity contribution < 1.29 is 26.4 Å². The Bertz CT molecular complexity index is 902. The summed E-state index contributed by atoms with van der Waals surface area (Å²) in [5, 5.41) is 2.38.